The van der Waals surface area contributed by atoms with Crippen LogP contribution in [0, 0.1) is 0 Å². The van der Waals surface area contributed by atoms with E-state index in [9.17, 15) is 9.59 Å². The largest absolute Gasteiger partial charge is 0.493 e. The van der Waals surface area contributed by atoms with Gasteiger partial charge in [0.2, 0.25) is 5.78 Å². The van der Waals surface area contributed by atoms with Gasteiger partial charge in [-0.15, -0.1) is 11.6 Å². The van der Waals surface area contributed by atoms with Gasteiger partial charge in [0.05, 0.1) is 12.2 Å². The zero-order valence-electron chi connectivity index (χ0n) is 16.7. The highest BCUT2D eigenvalue weighted by Gasteiger charge is 2.29. The molecule has 156 valence electrons. The summed E-state index contributed by atoms with van der Waals surface area (Å²) in [6.07, 6.45) is 1.64. The molecule has 3 aromatic carbocycles. The predicted octanol–water partition coefficient (Wildman–Crippen LogP) is 5.59. The minimum atomic E-state index is -0.942. The summed E-state index contributed by atoms with van der Waals surface area (Å²) in [6, 6.07) is 20.9. The second kappa shape index (κ2) is 9.06. The number of ketones is 1. The Morgan fingerprint density at radius 1 is 1.06 bits per heavy atom. The van der Waals surface area contributed by atoms with E-state index >= 15 is 0 Å². The zero-order chi connectivity index (χ0) is 21.8. The third kappa shape index (κ3) is 4.47. The topological polar surface area (TPSA) is 61.8 Å². The predicted molar refractivity (Wildman–Crippen MR) is 118 cm³/mol. The maximum absolute atomic E-state index is 12.7. The number of alkyl halides is 1. The third-order valence-corrected chi connectivity index (χ3v) is 5.09. The van der Waals surface area contributed by atoms with Crippen LogP contribution in [-0.2, 0) is 4.79 Å². The van der Waals surface area contributed by atoms with Gasteiger partial charge in [-0.1, -0.05) is 48.5 Å². The Labute approximate surface area is 184 Å². The van der Waals surface area contributed by atoms with Crippen molar-refractivity contribution < 1.29 is 23.8 Å². The molecule has 1 aliphatic rings. The summed E-state index contributed by atoms with van der Waals surface area (Å²) in [5, 5.41) is -0.942. The highest BCUT2D eigenvalue weighted by Crippen LogP contribution is 2.36. The van der Waals surface area contributed by atoms with Crippen LogP contribution in [0.3, 0.4) is 0 Å². The van der Waals surface area contributed by atoms with Crippen molar-refractivity contribution in [2.75, 3.05) is 6.61 Å². The van der Waals surface area contributed by atoms with Crippen LogP contribution in [-0.4, -0.2) is 18.4 Å². The molecule has 0 N–H and O–H groups in total. The summed E-state index contributed by atoms with van der Waals surface area (Å²) in [5.41, 5.74) is 1.77. The molecule has 0 radical (unpaired) electrons. The molecule has 1 heterocycles. The van der Waals surface area contributed by atoms with Crippen LogP contribution in [0.25, 0.3) is 6.08 Å². The Balaban J connectivity index is 1.53. The van der Waals surface area contributed by atoms with Gasteiger partial charge in [-0.05, 0) is 36.8 Å². The first kappa shape index (κ1) is 20.7. The molecular weight excluding hydrogens is 416 g/mol. The zero-order valence-corrected chi connectivity index (χ0v) is 17.5. The van der Waals surface area contributed by atoms with Gasteiger partial charge in [0.15, 0.2) is 11.1 Å². The van der Waals surface area contributed by atoms with Gasteiger partial charge in [0, 0.05) is 11.6 Å². The molecule has 3 aromatic rings. The van der Waals surface area contributed by atoms with Gasteiger partial charge < -0.3 is 14.2 Å². The Morgan fingerprint density at radius 3 is 2.58 bits per heavy atom. The second-order valence-electron chi connectivity index (χ2n) is 6.76. The molecule has 1 aliphatic heterocycles. The summed E-state index contributed by atoms with van der Waals surface area (Å²) in [4.78, 5) is 25.1. The van der Waals surface area contributed by atoms with E-state index in [-0.39, 0.29) is 17.3 Å². The molecule has 1 atom stereocenters. The lowest BCUT2D eigenvalue weighted by Crippen LogP contribution is -2.14. The summed E-state index contributed by atoms with van der Waals surface area (Å²) in [7, 11) is 0. The molecule has 0 saturated carbocycles. The third-order valence-electron chi connectivity index (χ3n) is 4.66. The lowest BCUT2D eigenvalue weighted by Gasteiger charge is -2.10. The Hall–Kier alpha value is -3.57. The first-order valence-electron chi connectivity index (χ1n) is 9.77. The summed E-state index contributed by atoms with van der Waals surface area (Å²) < 4.78 is 16.7. The maximum atomic E-state index is 12.7. The minimum Gasteiger partial charge on any atom is -0.493 e. The average Bonchev–Trinajstić information content (AvgIpc) is 3.10. The van der Waals surface area contributed by atoms with E-state index in [1.165, 1.54) is 6.07 Å². The average molecular weight is 435 g/mol. The van der Waals surface area contributed by atoms with E-state index < -0.39 is 11.3 Å². The monoisotopic (exact) mass is 434 g/mol. The number of fused-ring (bicyclic) bond motifs is 1. The molecule has 5 nitrogen and oxygen atoms in total. The molecule has 0 bridgehead atoms. The first-order chi connectivity index (χ1) is 15.1. The van der Waals surface area contributed by atoms with Crippen molar-refractivity contribution in [3.8, 4) is 17.2 Å². The number of hydrogen-bond acceptors (Lipinski definition) is 5. The SMILES string of the molecule is CCOc1ccccc1/C=C1\Oc2cc(OC(=O)C(Cl)c3ccccc3)ccc2C1=O. The van der Waals surface area contributed by atoms with E-state index in [1.54, 1.807) is 42.5 Å². The van der Waals surface area contributed by atoms with Crippen LogP contribution in [0.15, 0.2) is 78.6 Å². The molecule has 0 fully saturated rings. The number of rotatable bonds is 6. The van der Waals surface area contributed by atoms with Crippen LogP contribution in [0.2, 0.25) is 0 Å². The summed E-state index contributed by atoms with van der Waals surface area (Å²) in [6.45, 7) is 2.40. The normalized spacial score (nSPS) is 14.6. The van der Waals surface area contributed by atoms with Crippen molar-refractivity contribution in [1.29, 1.82) is 0 Å². The van der Waals surface area contributed by atoms with Gasteiger partial charge in [0.1, 0.15) is 17.2 Å². The Kier molecular flexibility index (Phi) is 6.05. The van der Waals surface area contributed by atoms with E-state index in [2.05, 4.69) is 0 Å². The number of ether oxygens (including phenoxy) is 3. The molecule has 0 saturated heterocycles. The van der Waals surface area contributed by atoms with E-state index in [1.807, 2.05) is 37.3 Å². The van der Waals surface area contributed by atoms with Crippen LogP contribution in [0.5, 0.6) is 17.2 Å². The Bertz CT molecular complexity index is 1150. The van der Waals surface area contributed by atoms with Crippen molar-refractivity contribution in [3.63, 3.8) is 0 Å². The van der Waals surface area contributed by atoms with Crippen LogP contribution in [0.1, 0.15) is 33.8 Å². The van der Waals surface area contributed by atoms with E-state index in [4.69, 9.17) is 25.8 Å². The van der Waals surface area contributed by atoms with E-state index in [0.29, 0.717) is 29.2 Å². The smallest absolute Gasteiger partial charge is 0.334 e. The molecular formula is C25H19ClO5. The number of allylic oxidation sites excluding steroid dienone is 1. The van der Waals surface area contributed by atoms with Gasteiger partial charge in [0.25, 0.3) is 0 Å². The maximum Gasteiger partial charge on any atom is 0.334 e. The quantitative estimate of drug-likeness (QED) is 0.219. The number of carbonyl (C=O) groups excluding carboxylic acids is 2. The highest BCUT2D eigenvalue weighted by molar-refractivity contribution is 6.30. The van der Waals surface area contributed by atoms with Crippen molar-refractivity contribution in [3.05, 3.63) is 95.2 Å². The van der Waals surface area contributed by atoms with Crippen molar-refractivity contribution >= 4 is 29.4 Å². The van der Waals surface area contributed by atoms with E-state index in [0.717, 1.165) is 5.56 Å². The molecule has 31 heavy (non-hydrogen) atoms. The molecule has 0 spiro atoms. The lowest BCUT2D eigenvalue weighted by molar-refractivity contribution is -0.134. The number of halogens is 1. The fourth-order valence-corrected chi connectivity index (χ4v) is 3.37. The van der Waals surface area contributed by atoms with Gasteiger partial charge in [-0.3, -0.25) is 4.79 Å². The second-order valence-corrected chi connectivity index (χ2v) is 7.20. The van der Waals surface area contributed by atoms with Gasteiger partial charge >= 0.3 is 5.97 Å². The molecule has 1 unspecified atom stereocenters. The number of carbonyl (C=O) groups is 2. The fourth-order valence-electron chi connectivity index (χ4n) is 3.18. The number of Topliss-reactive ketones (excluding diaryl/α,β-unsaturated/α-hetero) is 1. The van der Waals surface area contributed by atoms with Crippen molar-refractivity contribution in [2.24, 2.45) is 0 Å². The van der Waals surface area contributed by atoms with Crippen LogP contribution >= 0.6 is 11.6 Å². The van der Waals surface area contributed by atoms with Gasteiger partial charge in [-0.25, -0.2) is 4.79 Å². The molecule has 0 amide bonds. The van der Waals surface area contributed by atoms with Crippen LogP contribution < -0.4 is 14.2 Å². The Morgan fingerprint density at radius 2 is 1.81 bits per heavy atom. The fraction of sp³-hybridized carbons (Fsp3) is 0.120. The summed E-state index contributed by atoms with van der Waals surface area (Å²) in [5.74, 6) is 0.534. The summed E-state index contributed by atoms with van der Waals surface area (Å²) >= 11 is 6.22. The number of esters is 1. The molecule has 4 rings (SSSR count). The lowest BCUT2D eigenvalue weighted by atomic mass is 10.1. The van der Waals surface area contributed by atoms with Crippen LogP contribution in [0.4, 0.5) is 0 Å². The van der Waals surface area contributed by atoms with Gasteiger partial charge in [-0.2, -0.15) is 0 Å². The van der Waals surface area contributed by atoms with Crippen molar-refractivity contribution in [1.82, 2.24) is 0 Å². The number of benzene rings is 3. The first-order valence-corrected chi connectivity index (χ1v) is 10.2. The molecule has 6 heteroatoms. The molecule has 0 aromatic heterocycles. The number of hydrogen-bond donors (Lipinski definition) is 0. The number of para-hydroxylation sites is 1. The highest BCUT2D eigenvalue weighted by atomic mass is 35.5. The minimum absolute atomic E-state index is 0.171. The standard InChI is InChI=1S/C25H19ClO5/c1-2-29-20-11-7-6-10-17(20)14-22-24(27)19-13-12-18(15-21(19)31-22)30-25(28)23(26)16-8-4-3-5-9-16/h3-15,23H,2H2,1H3/b22-14-. The molecule has 0 aliphatic carbocycles. The van der Waals surface area contributed by atoms with Crippen molar-refractivity contribution in [2.45, 2.75) is 12.3 Å².